The van der Waals surface area contributed by atoms with Crippen LogP contribution in [0.15, 0.2) is 24.3 Å². The van der Waals surface area contributed by atoms with Crippen LogP contribution in [-0.4, -0.2) is 70.9 Å². The molecule has 1 aromatic carbocycles. The SMILES string of the molecule is C#CCC(NC(=O)C(C)N(C)C(=O)OC(C)(C)C)C(=O)N1CCCC1C(=O)NC1CCCc2ccccc21. The molecule has 1 heterocycles. The molecule has 0 spiro atoms. The van der Waals surface area contributed by atoms with Gasteiger partial charge in [0.25, 0.3) is 0 Å². The number of likely N-dealkylation sites (N-methyl/N-ethyl adjacent to an activating group) is 1. The minimum atomic E-state index is -1.01. The van der Waals surface area contributed by atoms with E-state index in [0.717, 1.165) is 24.8 Å². The molecule has 3 rings (SSSR count). The van der Waals surface area contributed by atoms with Crippen LogP contribution in [0.4, 0.5) is 4.79 Å². The van der Waals surface area contributed by atoms with Crippen molar-refractivity contribution >= 4 is 23.8 Å². The second-order valence-corrected chi connectivity index (χ2v) is 11.1. The van der Waals surface area contributed by atoms with Gasteiger partial charge in [-0.15, -0.1) is 12.3 Å². The number of nitrogens with one attached hydrogen (secondary N) is 2. The maximum Gasteiger partial charge on any atom is 0.410 e. The lowest BCUT2D eigenvalue weighted by Gasteiger charge is -2.32. The summed E-state index contributed by atoms with van der Waals surface area (Å²) in [6.07, 6.45) is 8.89. The van der Waals surface area contributed by atoms with Crippen molar-refractivity contribution in [3.63, 3.8) is 0 Å². The first kappa shape index (κ1) is 29.0. The molecule has 9 heteroatoms. The van der Waals surface area contributed by atoms with E-state index in [1.807, 2.05) is 18.2 Å². The zero-order valence-electron chi connectivity index (χ0n) is 23.1. The largest absolute Gasteiger partial charge is 0.444 e. The van der Waals surface area contributed by atoms with Gasteiger partial charge in [-0.05, 0) is 70.9 Å². The van der Waals surface area contributed by atoms with Gasteiger partial charge in [0.2, 0.25) is 17.7 Å². The number of carbonyl (C=O) groups excluding carboxylic acids is 4. The predicted octanol–water partition coefficient (Wildman–Crippen LogP) is 2.93. The second-order valence-electron chi connectivity index (χ2n) is 11.1. The number of aryl methyl sites for hydroxylation is 1. The van der Waals surface area contributed by atoms with E-state index in [4.69, 9.17) is 11.2 Å². The maximum absolute atomic E-state index is 13.5. The van der Waals surface area contributed by atoms with Crippen LogP contribution in [0, 0.1) is 12.3 Å². The van der Waals surface area contributed by atoms with E-state index in [2.05, 4.69) is 22.6 Å². The number of carbonyl (C=O) groups is 4. The highest BCUT2D eigenvalue weighted by molar-refractivity contribution is 5.94. The summed E-state index contributed by atoms with van der Waals surface area (Å²) in [5, 5.41) is 5.85. The Bertz CT molecular complexity index is 1090. The third-order valence-electron chi connectivity index (χ3n) is 7.10. The molecule has 0 bridgehead atoms. The molecule has 1 saturated heterocycles. The monoisotopic (exact) mass is 524 g/mol. The van der Waals surface area contributed by atoms with E-state index in [1.165, 1.54) is 22.4 Å². The first-order chi connectivity index (χ1) is 17.9. The van der Waals surface area contributed by atoms with E-state index in [0.29, 0.717) is 19.4 Å². The van der Waals surface area contributed by atoms with Gasteiger partial charge in [0.1, 0.15) is 23.7 Å². The van der Waals surface area contributed by atoms with Gasteiger partial charge in [-0.2, -0.15) is 0 Å². The Hall–Kier alpha value is -3.54. The number of benzene rings is 1. The fraction of sp³-hybridized carbons (Fsp3) is 0.586. The van der Waals surface area contributed by atoms with Crippen LogP contribution in [0.5, 0.6) is 0 Å². The number of fused-ring (bicyclic) bond motifs is 1. The Kier molecular flexibility index (Phi) is 9.42. The molecular formula is C29H40N4O5. The Morgan fingerprint density at radius 1 is 1.18 bits per heavy atom. The molecule has 0 aromatic heterocycles. The molecule has 206 valence electrons. The zero-order valence-corrected chi connectivity index (χ0v) is 23.1. The number of rotatable bonds is 7. The van der Waals surface area contributed by atoms with E-state index >= 15 is 0 Å². The van der Waals surface area contributed by atoms with Crippen molar-refractivity contribution in [2.75, 3.05) is 13.6 Å². The fourth-order valence-corrected chi connectivity index (χ4v) is 4.95. The average Bonchev–Trinajstić information content (AvgIpc) is 3.36. The number of terminal acetylenes is 1. The summed E-state index contributed by atoms with van der Waals surface area (Å²) in [5.41, 5.74) is 1.66. The van der Waals surface area contributed by atoms with Crippen LogP contribution in [0.25, 0.3) is 0 Å². The Morgan fingerprint density at radius 2 is 1.89 bits per heavy atom. The summed E-state index contributed by atoms with van der Waals surface area (Å²) in [6.45, 7) is 7.16. The van der Waals surface area contributed by atoms with Gasteiger partial charge < -0.3 is 20.3 Å². The summed E-state index contributed by atoms with van der Waals surface area (Å²) in [6, 6.07) is 5.49. The first-order valence-corrected chi connectivity index (χ1v) is 13.3. The maximum atomic E-state index is 13.5. The molecule has 1 aliphatic carbocycles. The minimum absolute atomic E-state index is 0.0334. The third-order valence-corrected chi connectivity index (χ3v) is 7.10. The summed E-state index contributed by atoms with van der Waals surface area (Å²) >= 11 is 0. The highest BCUT2D eigenvalue weighted by Gasteiger charge is 2.39. The molecule has 2 N–H and O–H groups in total. The fourth-order valence-electron chi connectivity index (χ4n) is 4.95. The zero-order chi connectivity index (χ0) is 28.0. The summed E-state index contributed by atoms with van der Waals surface area (Å²) in [7, 11) is 1.46. The molecule has 4 amide bonds. The number of nitrogens with zero attached hydrogens (tertiary/aromatic N) is 2. The Balaban J connectivity index is 1.66. The van der Waals surface area contributed by atoms with Crippen LogP contribution >= 0.6 is 0 Å². The predicted molar refractivity (Wildman–Crippen MR) is 144 cm³/mol. The van der Waals surface area contributed by atoms with Crippen molar-refractivity contribution in [3.05, 3.63) is 35.4 Å². The van der Waals surface area contributed by atoms with Gasteiger partial charge in [-0.25, -0.2) is 4.79 Å². The van der Waals surface area contributed by atoms with Gasteiger partial charge in [-0.1, -0.05) is 24.3 Å². The molecule has 1 aliphatic heterocycles. The lowest BCUT2D eigenvalue weighted by Crippen LogP contribution is -2.56. The second kappa shape index (κ2) is 12.3. The number of ether oxygens (including phenoxy) is 1. The van der Waals surface area contributed by atoms with Crippen molar-refractivity contribution in [3.8, 4) is 12.3 Å². The molecule has 1 fully saturated rings. The van der Waals surface area contributed by atoms with Crippen molar-refractivity contribution < 1.29 is 23.9 Å². The Labute approximate surface area is 225 Å². The molecule has 4 unspecified atom stereocenters. The molecule has 0 radical (unpaired) electrons. The van der Waals surface area contributed by atoms with E-state index in [-0.39, 0.29) is 18.4 Å². The lowest BCUT2D eigenvalue weighted by atomic mass is 9.87. The van der Waals surface area contributed by atoms with E-state index in [9.17, 15) is 19.2 Å². The summed E-state index contributed by atoms with van der Waals surface area (Å²) in [4.78, 5) is 54.9. The normalized spacial score (nSPS) is 20.4. The van der Waals surface area contributed by atoms with Crippen molar-refractivity contribution in [1.82, 2.24) is 20.4 Å². The molecular weight excluding hydrogens is 484 g/mol. The number of likely N-dealkylation sites (tertiary alicyclic amines) is 1. The number of amides is 4. The van der Waals surface area contributed by atoms with Gasteiger partial charge >= 0.3 is 6.09 Å². The minimum Gasteiger partial charge on any atom is -0.444 e. The summed E-state index contributed by atoms with van der Waals surface area (Å²) in [5.74, 6) is 1.32. The molecule has 2 aliphatic rings. The van der Waals surface area contributed by atoms with Crippen molar-refractivity contribution in [2.45, 2.75) is 96.0 Å². The molecule has 4 atom stereocenters. The van der Waals surface area contributed by atoms with Gasteiger partial charge in [-0.3, -0.25) is 19.3 Å². The van der Waals surface area contributed by atoms with Gasteiger partial charge in [0.05, 0.1) is 6.04 Å². The van der Waals surface area contributed by atoms with Gasteiger partial charge in [0, 0.05) is 20.0 Å². The molecule has 9 nitrogen and oxygen atoms in total. The highest BCUT2D eigenvalue weighted by atomic mass is 16.6. The highest BCUT2D eigenvalue weighted by Crippen LogP contribution is 2.30. The van der Waals surface area contributed by atoms with Crippen LogP contribution in [0.3, 0.4) is 0 Å². The third kappa shape index (κ3) is 7.06. The standard InChI is InChI=1S/C29H40N4O5/c1-7-12-23(31-25(34)19(2)32(6)28(37)38-29(3,4)5)27(36)33-18-11-17-24(33)26(35)30-22-16-10-14-20-13-8-9-15-21(20)22/h1,8-9,13,15,19,22-24H,10-12,14,16-18H2,2-6H3,(H,30,35)(H,31,34). The lowest BCUT2D eigenvalue weighted by molar-refractivity contribution is -0.142. The number of hydrogen-bond acceptors (Lipinski definition) is 5. The van der Waals surface area contributed by atoms with E-state index < -0.39 is 41.6 Å². The average molecular weight is 525 g/mol. The van der Waals surface area contributed by atoms with Crippen LogP contribution in [0.2, 0.25) is 0 Å². The van der Waals surface area contributed by atoms with Crippen LogP contribution < -0.4 is 10.6 Å². The molecule has 1 aromatic rings. The summed E-state index contributed by atoms with van der Waals surface area (Å²) < 4.78 is 5.33. The Morgan fingerprint density at radius 3 is 2.58 bits per heavy atom. The van der Waals surface area contributed by atoms with E-state index in [1.54, 1.807) is 27.7 Å². The van der Waals surface area contributed by atoms with Gasteiger partial charge in [0.15, 0.2) is 0 Å². The smallest absolute Gasteiger partial charge is 0.410 e. The van der Waals surface area contributed by atoms with Crippen LogP contribution in [-0.2, 0) is 25.5 Å². The van der Waals surface area contributed by atoms with Crippen molar-refractivity contribution in [1.29, 1.82) is 0 Å². The topological polar surface area (TPSA) is 108 Å². The number of hydrogen-bond donors (Lipinski definition) is 2. The quantitative estimate of drug-likeness (QED) is 0.534. The first-order valence-electron chi connectivity index (χ1n) is 13.3. The van der Waals surface area contributed by atoms with Crippen molar-refractivity contribution in [2.24, 2.45) is 0 Å². The van der Waals surface area contributed by atoms with Crippen LogP contribution in [0.1, 0.15) is 77.0 Å². The molecule has 0 saturated carbocycles. The molecule has 38 heavy (non-hydrogen) atoms.